The first-order chi connectivity index (χ1) is 12.4. The molecule has 3 rings (SSSR count). The van der Waals surface area contributed by atoms with E-state index in [1.807, 2.05) is 39.0 Å². The third-order valence-corrected chi connectivity index (χ3v) is 4.78. The Morgan fingerprint density at radius 2 is 2.00 bits per heavy atom. The SMILES string of the molecule is CCCn1c(=O)c2nscc2n(CC(=O)Nc2cc(C)ccc2C)c1=O. The molecule has 7 nitrogen and oxygen atoms in total. The molecule has 0 spiro atoms. The molecule has 0 saturated heterocycles. The maximum Gasteiger partial charge on any atom is 0.332 e. The van der Waals surface area contributed by atoms with E-state index < -0.39 is 11.2 Å². The van der Waals surface area contributed by atoms with Crippen molar-refractivity contribution in [1.29, 1.82) is 0 Å². The number of aryl methyl sites for hydroxylation is 2. The summed E-state index contributed by atoms with van der Waals surface area (Å²) in [6, 6.07) is 5.78. The largest absolute Gasteiger partial charge is 0.332 e. The van der Waals surface area contributed by atoms with E-state index in [2.05, 4.69) is 9.69 Å². The zero-order chi connectivity index (χ0) is 18.8. The minimum atomic E-state index is -0.485. The highest BCUT2D eigenvalue weighted by molar-refractivity contribution is 7.04. The molecule has 0 aliphatic rings. The number of hydrogen-bond acceptors (Lipinski definition) is 5. The van der Waals surface area contributed by atoms with Crippen LogP contribution in [-0.4, -0.2) is 19.4 Å². The van der Waals surface area contributed by atoms with Crippen LogP contribution in [0.25, 0.3) is 11.0 Å². The van der Waals surface area contributed by atoms with Crippen LogP contribution in [0.5, 0.6) is 0 Å². The van der Waals surface area contributed by atoms with E-state index in [0.29, 0.717) is 24.2 Å². The molecule has 0 aliphatic heterocycles. The van der Waals surface area contributed by atoms with E-state index in [0.717, 1.165) is 27.2 Å². The van der Waals surface area contributed by atoms with E-state index in [9.17, 15) is 14.4 Å². The molecule has 0 radical (unpaired) electrons. The Bertz CT molecular complexity index is 1090. The number of rotatable bonds is 5. The quantitative estimate of drug-likeness (QED) is 0.744. The molecule has 3 aromatic rings. The van der Waals surface area contributed by atoms with Crippen LogP contribution < -0.4 is 16.6 Å². The lowest BCUT2D eigenvalue weighted by Crippen LogP contribution is -2.41. The number of hydrogen-bond donors (Lipinski definition) is 1. The molecule has 0 bridgehead atoms. The van der Waals surface area contributed by atoms with Crippen molar-refractivity contribution in [3.8, 4) is 0 Å². The number of nitrogens with zero attached hydrogens (tertiary/aromatic N) is 3. The van der Waals surface area contributed by atoms with Gasteiger partial charge in [-0.1, -0.05) is 19.1 Å². The topological polar surface area (TPSA) is 86.0 Å². The van der Waals surface area contributed by atoms with E-state index in [1.165, 1.54) is 4.57 Å². The number of nitrogens with one attached hydrogen (secondary N) is 1. The summed E-state index contributed by atoms with van der Waals surface area (Å²) in [7, 11) is 0. The molecule has 2 heterocycles. The zero-order valence-corrected chi connectivity index (χ0v) is 15.7. The number of carbonyl (C=O) groups excluding carboxylic acids is 1. The van der Waals surface area contributed by atoms with Gasteiger partial charge in [-0.3, -0.25) is 18.7 Å². The van der Waals surface area contributed by atoms with Crippen molar-refractivity contribution in [2.45, 2.75) is 40.3 Å². The molecular formula is C18H20N4O3S. The van der Waals surface area contributed by atoms with Crippen molar-refractivity contribution in [2.75, 3.05) is 5.32 Å². The van der Waals surface area contributed by atoms with Crippen LogP contribution in [0.15, 0.2) is 33.2 Å². The molecule has 1 aromatic carbocycles. The molecule has 1 N–H and O–H groups in total. The van der Waals surface area contributed by atoms with Crippen LogP contribution in [0.2, 0.25) is 0 Å². The lowest BCUT2D eigenvalue weighted by atomic mass is 10.1. The van der Waals surface area contributed by atoms with Crippen molar-refractivity contribution in [2.24, 2.45) is 0 Å². The van der Waals surface area contributed by atoms with Gasteiger partial charge in [0, 0.05) is 17.6 Å². The first-order valence-electron chi connectivity index (χ1n) is 8.37. The van der Waals surface area contributed by atoms with Crippen molar-refractivity contribution in [3.05, 3.63) is 55.5 Å². The molecule has 2 aromatic heterocycles. The third-order valence-electron chi connectivity index (χ3n) is 4.17. The zero-order valence-electron chi connectivity index (χ0n) is 14.9. The van der Waals surface area contributed by atoms with Crippen molar-refractivity contribution in [3.63, 3.8) is 0 Å². The first kappa shape index (κ1) is 18.1. The Kier molecular flexibility index (Phi) is 5.03. The Morgan fingerprint density at radius 3 is 2.73 bits per heavy atom. The predicted octanol–water partition coefficient (Wildman–Crippen LogP) is 2.29. The minimum Gasteiger partial charge on any atom is -0.324 e. The van der Waals surface area contributed by atoms with Gasteiger partial charge in [-0.05, 0) is 49.0 Å². The van der Waals surface area contributed by atoms with Gasteiger partial charge in [0.1, 0.15) is 6.54 Å². The average Bonchev–Trinajstić information content (AvgIpc) is 3.08. The van der Waals surface area contributed by atoms with Gasteiger partial charge in [0.05, 0.1) is 5.52 Å². The lowest BCUT2D eigenvalue weighted by Gasteiger charge is -2.13. The van der Waals surface area contributed by atoms with Crippen molar-refractivity contribution < 1.29 is 4.79 Å². The molecule has 136 valence electrons. The first-order valence-corrected chi connectivity index (χ1v) is 9.21. The smallest absolute Gasteiger partial charge is 0.324 e. The summed E-state index contributed by atoms with van der Waals surface area (Å²) in [6.07, 6.45) is 0.638. The molecule has 0 atom stereocenters. The summed E-state index contributed by atoms with van der Waals surface area (Å²) >= 11 is 1.10. The fourth-order valence-corrected chi connectivity index (χ4v) is 3.48. The molecule has 8 heteroatoms. The predicted molar refractivity (Wildman–Crippen MR) is 103 cm³/mol. The van der Waals surface area contributed by atoms with Crippen LogP contribution in [-0.2, 0) is 17.9 Å². The fraction of sp³-hybridized carbons (Fsp3) is 0.333. The monoisotopic (exact) mass is 372 g/mol. The molecule has 0 fully saturated rings. The molecule has 1 amide bonds. The highest BCUT2D eigenvalue weighted by Crippen LogP contribution is 2.16. The number of carbonyl (C=O) groups is 1. The number of anilines is 1. The Morgan fingerprint density at radius 1 is 1.23 bits per heavy atom. The van der Waals surface area contributed by atoms with Gasteiger partial charge < -0.3 is 5.32 Å². The summed E-state index contributed by atoms with van der Waals surface area (Å²) in [4.78, 5) is 37.7. The van der Waals surface area contributed by atoms with Gasteiger partial charge in [0.2, 0.25) is 5.91 Å². The van der Waals surface area contributed by atoms with Crippen LogP contribution in [0.1, 0.15) is 24.5 Å². The maximum absolute atomic E-state index is 12.7. The summed E-state index contributed by atoms with van der Waals surface area (Å²) in [5, 5.41) is 4.47. The lowest BCUT2D eigenvalue weighted by molar-refractivity contribution is -0.116. The fourth-order valence-electron chi connectivity index (χ4n) is 2.81. The Labute approximate surface area is 154 Å². The number of fused-ring (bicyclic) bond motifs is 1. The van der Waals surface area contributed by atoms with Crippen LogP contribution in [0, 0.1) is 13.8 Å². The van der Waals surface area contributed by atoms with Gasteiger partial charge in [0.25, 0.3) is 5.56 Å². The van der Waals surface area contributed by atoms with Crippen molar-refractivity contribution in [1.82, 2.24) is 13.5 Å². The third kappa shape index (κ3) is 3.32. The van der Waals surface area contributed by atoms with Gasteiger partial charge in [0.15, 0.2) is 5.52 Å². The Balaban J connectivity index is 1.99. The summed E-state index contributed by atoms with van der Waals surface area (Å²) < 4.78 is 6.56. The van der Waals surface area contributed by atoms with Gasteiger partial charge in [-0.2, -0.15) is 4.37 Å². The Hall–Kier alpha value is -2.74. The van der Waals surface area contributed by atoms with Crippen LogP contribution in [0.4, 0.5) is 5.69 Å². The van der Waals surface area contributed by atoms with Gasteiger partial charge >= 0.3 is 5.69 Å². The van der Waals surface area contributed by atoms with Gasteiger partial charge in [-0.25, -0.2) is 4.79 Å². The maximum atomic E-state index is 12.7. The highest BCUT2D eigenvalue weighted by Gasteiger charge is 2.17. The molecule has 0 saturated carbocycles. The molecule has 0 unspecified atom stereocenters. The van der Waals surface area contributed by atoms with Crippen LogP contribution in [0.3, 0.4) is 0 Å². The number of aromatic nitrogens is 3. The average molecular weight is 372 g/mol. The van der Waals surface area contributed by atoms with Crippen molar-refractivity contribution >= 4 is 34.2 Å². The van der Waals surface area contributed by atoms with E-state index in [1.54, 1.807) is 5.38 Å². The van der Waals surface area contributed by atoms with E-state index in [-0.39, 0.29) is 18.0 Å². The number of benzene rings is 1. The summed E-state index contributed by atoms with van der Waals surface area (Å²) in [5.74, 6) is -0.324. The standard InChI is InChI=1S/C18H20N4O3S/c1-4-7-21-17(24)16-14(10-26-20-16)22(18(21)25)9-15(23)19-13-8-11(2)5-6-12(13)3/h5-6,8,10H,4,7,9H2,1-3H3,(H,19,23). The van der Waals surface area contributed by atoms with E-state index >= 15 is 0 Å². The van der Waals surface area contributed by atoms with E-state index in [4.69, 9.17) is 0 Å². The second-order valence-electron chi connectivity index (χ2n) is 6.24. The normalized spacial score (nSPS) is 11.0. The molecule has 0 aliphatic carbocycles. The molecule has 26 heavy (non-hydrogen) atoms. The van der Waals surface area contributed by atoms with Gasteiger partial charge in [-0.15, -0.1) is 0 Å². The summed E-state index contributed by atoms with van der Waals surface area (Å²) in [5.41, 5.74) is 2.42. The summed E-state index contributed by atoms with van der Waals surface area (Å²) in [6.45, 7) is 5.86. The highest BCUT2D eigenvalue weighted by atomic mass is 32.1. The second kappa shape index (κ2) is 7.25. The number of amides is 1. The molecular weight excluding hydrogens is 352 g/mol. The minimum absolute atomic E-state index is 0.175. The van der Waals surface area contributed by atoms with Crippen LogP contribution >= 0.6 is 11.5 Å². The second-order valence-corrected chi connectivity index (χ2v) is 6.87.